The Morgan fingerprint density at radius 1 is 1.04 bits per heavy atom. The highest BCUT2D eigenvalue weighted by molar-refractivity contribution is 7.99. The molecule has 0 saturated heterocycles. The van der Waals surface area contributed by atoms with Gasteiger partial charge in [-0.3, -0.25) is 0 Å². The van der Waals surface area contributed by atoms with Gasteiger partial charge in [-0.1, -0.05) is 57.5 Å². The van der Waals surface area contributed by atoms with E-state index in [4.69, 9.17) is 16.3 Å². The van der Waals surface area contributed by atoms with Gasteiger partial charge in [0, 0.05) is 9.92 Å². The number of benzene rings is 2. The third-order valence-electron chi connectivity index (χ3n) is 3.82. The minimum Gasteiger partial charge on any atom is -0.487 e. The summed E-state index contributed by atoms with van der Waals surface area (Å²) in [6.45, 7) is 7.91. The van der Waals surface area contributed by atoms with Gasteiger partial charge in [0.2, 0.25) is 0 Å². The molecule has 0 aliphatic heterocycles. The van der Waals surface area contributed by atoms with Crippen molar-refractivity contribution in [3.63, 3.8) is 0 Å². The maximum atomic E-state index is 13.2. The molecular formula is C22H28ClF3OS. The fourth-order valence-electron chi connectivity index (χ4n) is 2.20. The second-order valence-electron chi connectivity index (χ2n) is 7.30. The second kappa shape index (κ2) is 11.0. The Kier molecular flexibility index (Phi) is 9.72. The van der Waals surface area contributed by atoms with Gasteiger partial charge < -0.3 is 4.74 Å². The number of rotatable bonds is 6. The number of hydrogen-bond donors (Lipinski definition) is 0. The first-order valence-corrected chi connectivity index (χ1v) is 10.5. The standard InChI is InChI=1S/C14H19F3O.C8H9ClS/c1-10(15)14(16,17)9-18-12-8-6-5-7-11(12)13(2,3)4;1-2-10-8-5-3-7(9)4-6-8/h5-8,10H,9H2,1-4H3;3-6H,2H2,1H3. The van der Waals surface area contributed by atoms with E-state index >= 15 is 0 Å². The molecular weight excluding hydrogens is 405 g/mol. The second-order valence-corrected chi connectivity index (χ2v) is 9.07. The summed E-state index contributed by atoms with van der Waals surface area (Å²) in [7, 11) is 0. The zero-order chi connectivity index (χ0) is 21.4. The highest BCUT2D eigenvalue weighted by Gasteiger charge is 2.38. The van der Waals surface area contributed by atoms with Crippen molar-refractivity contribution in [3.8, 4) is 5.75 Å². The van der Waals surface area contributed by atoms with E-state index in [9.17, 15) is 13.2 Å². The minimum atomic E-state index is -3.47. The Labute approximate surface area is 175 Å². The van der Waals surface area contributed by atoms with E-state index in [1.165, 1.54) is 4.90 Å². The molecule has 2 aromatic carbocycles. The molecule has 0 saturated carbocycles. The van der Waals surface area contributed by atoms with Crippen LogP contribution in [0.3, 0.4) is 0 Å². The van der Waals surface area contributed by atoms with E-state index < -0.39 is 18.7 Å². The van der Waals surface area contributed by atoms with Gasteiger partial charge in [0.25, 0.3) is 0 Å². The van der Waals surface area contributed by atoms with E-state index in [-0.39, 0.29) is 5.41 Å². The zero-order valence-corrected chi connectivity index (χ0v) is 18.5. The Hall–Kier alpha value is -1.33. The molecule has 0 radical (unpaired) electrons. The molecule has 6 heteroatoms. The zero-order valence-electron chi connectivity index (χ0n) is 16.9. The highest BCUT2D eigenvalue weighted by atomic mass is 35.5. The Bertz CT molecular complexity index is 712. The molecule has 0 bridgehead atoms. The quantitative estimate of drug-likeness (QED) is 0.430. The van der Waals surface area contributed by atoms with Crippen molar-refractivity contribution in [2.24, 2.45) is 0 Å². The summed E-state index contributed by atoms with van der Waals surface area (Å²) >= 11 is 7.53. The third kappa shape index (κ3) is 8.36. The number of para-hydroxylation sites is 1. The van der Waals surface area contributed by atoms with E-state index in [0.29, 0.717) is 5.75 Å². The lowest BCUT2D eigenvalue weighted by Gasteiger charge is -2.24. The monoisotopic (exact) mass is 432 g/mol. The molecule has 2 rings (SSSR count). The fourth-order valence-corrected chi connectivity index (χ4v) is 2.99. The average Bonchev–Trinajstić information content (AvgIpc) is 2.62. The maximum Gasteiger partial charge on any atom is 0.311 e. The number of thioether (sulfide) groups is 1. The van der Waals surface area contributed by atoms with E-state index in [1.54, 1.807) is 12.1 Å². The number of ether oxygens (including phenoxy) is 1. The van der Waals surface area contributed by atoms with E-state index in [0.717, 1.165) is 23.3 Å². The summed E-state index contributed by atoms with van der Waals surface area (Å²) in [6.07, 6.45) is -2.22. The van der Waals surface area contributed by atoms with Crippen LogP contribution in [0.25, 0.3) is 0 Å². The van der Waals surface area contributed by atoms with Crippen molar-refractivity contribution in [2.45, 2.75) is 57.0 Å². The molecule has 1 nitrogen and oxygen atoms in total. The van der Waals surface area contributed by atoms with Gasteiger partial charge in [0.15, 0.2) is 12.8 Å². The van der Waals surface area contributed by atoms with Crippen LogP contribution >= 0.6 is 23.4 Å². The number of hydrogen-bond acceptors (Lipinski definition) is 2. The average molecular weight is 433 g/mol. The topological polar surface area (TPSA) is 9.23 Å². The predicted molar refractivity (Wildman–Crippen MR) is 114 cm³/mol. The molecule has 0 N–H and O–H groups in total. The van der Waals surface area contributed by atoms with Crippen molar-refractivity contribution in [3.05, 3.63) is 59.1 Å². The van der Waals surface area contributed by atoms with Crippen LogP contribution in [0.15, 0.2) is 53.4 Å². The first-order chi connectivity index (χ1) is 13.0. The molecule has 1 atom stereocenters. The first kappa shape index (κ1) is 24.7. The molecule has 0 fully saturated rings. The molecule has 0 aliphatic rings. The lowest BCUT2D eigenvalue weighted by molar-refractivity contribution is -0.0943. The van der Waals surface area contributed by atoms with Crippen molar-refractivity contribution >= 4 is 23.4 Å². The molecule has 0 heterocycles. The van der Waals surface area contributed by atoms with Crippen molar-refractivity contribution in [2.75, 3.05) is 12.4 Å². The van der Waals surface area contributed by atoms with Crippen LogP contribution in [-0.4, -0.2) is 24.5 Å². The summed E-state index contributed by atoms with van der Waals surface area (Å²) in [5, 5.41) is 0.806. The first-order valence-electron chi connectivity index (χ1n) is 9.10. The van der Waals surface area contributed by atoms with Crippen LogP contribution in [0.5, 0.6) is 5.75 Å². The molecule has 156 valence electrons. The summed E-state index contributed by atoms with van der Waals surface area (Å²) in [5.41, 5.74) is 0.611. The lowest BCUT2D eigenvalue weighted by atomic mass is 9.86. The van der Waals surface area contributed by atoms with Crippen LogP contribution in [0, 0.1) is 0 Å². The Balaban J connectivity index is 0.000000330. The van der Waals surface area contributed by atoms with Gasteiger partial charge in [-0.05, 0) is 54.0 Å². The van der Waals surface area contributed by atoms with Crippen LogP contribution in [0.4, 0.5) is 13.2 Å². The van der Waals surface area contributed by atoms with Gasteiger partial charge in [0.05, 0.1) is 0 Å². The van der Waals surface area contributed by atoms with Crippen molar-refractivity contribution in [1.82, 2.24) is 0 Å². The number of alkyl halides is 3. The van der Waals surface area contributed by atoms with E-state index in [1.807, 2.05) is 68.9 Å². The summed E-state index contributed by atoms with van der Waals surface area (Å²) in [5.74, 6) is -1.97. The van der Waals surface area contributed by atoms with Gasteiger partial charge >= 0.3 is 5.92 Å². The summed E-state index contributed by atoms with van der Waals surface area (Å²) in [6, 6.07) is 14.9. The van der Waals surface area contributed by atoms with Crippen molar-refractivity contribution in [1.29, 1.82) is 0 Å². The van der Waals surface area contributed by atoms with Crippen molar-refractivity contribution < 1.29 is 17.9 Å². The third-order valence-corrected chi connectivity index (χ3v) is 4.97. The molecule has 1 unspecified atom stereocenters. The van der Waals surface area contributed by atoms with E-state index in [2.05, 4.69) is 6.92 Å². The van der Waals surface area contributed by atoms with Gasteiger partial charge in [0.1, 0.15) is 5.75 Å². The number of halogens is 4. The van der Waals surface area contributed by atoms with Crippen LogP contribution in [0.1, 0.15) is 40.2 Å². The fraction of sp³-hybridized carbons (Fsp3) is 0.455. The maximum absolute atomic E-state index is 13.2. The predicted octanol–water partition coefficient (Wildman–Crippen LogP) is 7.81. The Morgan fingerprint density at radius 2 is 1.61 bits per heavy atom. The van der Waals surface area contributed by atoms with Crippen LogP contribution in [0.2, 0.25) is 5.02 Å². The summed E-state index contributed by atoms with van der Waals surface area (Å²) < 4.78 is 44.1. The Morgan fingerprint density at radius 3 is 2.11 bits per heavy atom. The molecule has 0 amide bonds. The lowest BCUT2D eigenvalue weighted by Crippen LogP contribution is -2.34. The molecule has 0 aliphatic carbocycles. The van der Waals surface area contributed by atoms with Gasteiger partial charge in [-0.2, -0.15) is 8.78 Å². The molecule has 0 aromatic heterocycles. The molecule has 28 heavy (non-hydrogen) atoms. The summed E-state index contributed by atoms with van der Waals surface area (Å²) in [4.78, 5) is 1.28. The largest absolute Gasteiger partial charge is 0.487 e. The van der Waals surface area contributed by atoms with Crippen LogP contribution < -0.4 is 4.74 Å². The smallest absolute Gasteiger partial charge is 0.311 e. The minimum absolute atomic E-state index is 0.215. The highest BCUT2D eigenvalue weighted by Crippen LogP contribution is 2.32. The van der Waals surface area contributed by atoms with Crippen LogP contribution in [-0.2, 0) is 5.41 Å². The normalized spacial score (nSPS) is 12.8. The van der Waals surface area contributed by atoms with Gasteiger partial charge in [-0.15, -0.1) is 11.8 Å². The SMILES string of the molecule is CC(F)C(F)(F)COc1ccccc1C(C)(C)C.CCSc1ccc(Cl)cc1. The molecule has 2 aromatic rings. The molecule has 0 spiro atoms. The van der Waals surface area contributed by atoms with Gasteiger partial charge in [-0.25, -0.2) is 4.39 Å².